The number of unbranched alkanes of at least 4 members (excludes halogenated alkanes) is 1. The van der Waals surface area contributed by atoms with Crippen LogP contribution in [0.25, 0.3) is 0 Å². The van der Waals surface area contributed by atoms with Crippen LogP contribution in [0.4, 0.5) is 0 Å². The summed E-state index contributed by atoms with van der Waals surface area (Å²) in [6.45, 7) is 7.00. The van der Waals surface area contributed by atoms with Gasteiger partial charge in [-0.2, -0.15) is 0 Å². The highest BCUT2D eigenvalue weighted by Crippen LogP contribution is 2.36. The van der Waals surface area contributed by atoms with Crippen LogP contribution in [0.15, 0.2) is 0 Å². The first-order valence-electron chi connectivity index (χ1n) is 6.07. The molecule has 0 aromatic rings. The summed E-state index contributed by atoms with van der Waals surface area (Å²) >= 11 is 0. The van der Waals surface area contributed by atoms with E-state index in [-0.39, 0.29) is 0 Å². The maximum Gasteiger partial charge on any atom is -0.00203 e. The van der Waals surface area contributed by atoms with E-state index in [2.05, 4.69) is 19.2 Å². The fourth-order valence-corrected chi connectivity index (χ4v) is 2.25. The van der Waals surface area contributed by atoms with Crippen molar-refractivity contribution in [2.24, 2.45) is 11.8 Å². The molecule has 1 fully saturated rings. The number of rotatable bonds is 7. The molecule has 0 heterocycles. The molecule has 0 aliphatic heterocycles. The van der Waals surface area contributed by atoms with Crippen molar-refractivity contribution in [3.63, 3.8) is 0 Å². The van der Waals surface area contributed by atoms with Gasteiger partial charge in [0.25, 0.3) is 0 Å². The Morgan fingerprint density at radius 1 is 1.08 bits per heavy atom. The third-order valence-electron chi connectivity index (χ3n) is 3.16. The molecule has 0 radical (unpaired) electrons. The average molecular weight is 183 g/mol. The second kappa shape index (κ2) is 6.42. The monoisotopic (exact) mass is 183 g/mol. The molecule has 0 bridgehead atoms. The quantitative estimate of drug-likeness (QED) is 0.598. The van der Waals surface area contributed by atoms with Crippen LogP contribution in [0.3, 0.4) is 0 Å². The van der Waals surface area contributed by atoms with E-state index in [4.69, 9.17) is 0 Å². The summed E-state index contributed by atoms with van der Waals surface area (Å²) in [7, 11) is 0. The van der Waals surface area contributed by atoms with Crippen molar-refractivity contribution in [1.29, 1.82) is 0 Å². The van der Waals surface area contributed by atoms with Gasteiger partial charge in [0.05, 0.1) is 0 Å². The SMILES string of the molecule is CCCCC1CC(CNCCC)C1. The first-order chi connectivity index (χ1) is 6.36. The smallest absolute Gasteiger partial charge is 0.00203 e. The molecule has 1 aliphatic carbocycles. The molecule has 0 unspecified atom stereocenters. The topological polar surface area (TPSA) is 12.0 Å². The minimum absolute atomic E-state index is 1.01. The summed E-state index contributed by atoms with van der Waals surface area (Å²) in [6, 6.07) is 0. The van der Waals surface area contributed by atoms with Gasteiger partial charge in [-0.1, -0.05) is 33.1 Å². The van der Waals surface area contributed by atoms with E-state index < -0.39 is 0 Å². The van der Waals surface area contributed by atoms with Crippen LogP contribution in [0.1, 0.15) is 52.4 Å². The molecule has 1 N–H and O–H groups in total. The Bertz CT molecular complexity index is 116. The molecule has 1 aliphatic rings. The van der Waals surface area contributed by atoms with Crippen LogP contribution in [-0.4, -0.2) is 13.1 Å². The summed E-state index contributed by atoms with van der Waals surface area (Å²) in [5, 5.41) is 3.51. The predicted octanol–water partition coefficient (Wildman–Crippen LogP) is 3.20. The molecule has 0 aromatic heterocycles. The van der Waals surface area contributed by atoms with Crippen LogP contribution in [0.5, 0.6) is 0 Å². The Morgan fingerprint density at radius 2 is 1.85 bits per heavy atom. The lowest BCUT2D eigenvalue weighted by Gasteiger charge is -2.35. The minimum atomic E-state index is 1.01. The third-order valence-corrected chi connectivity index (χ3v) is 3.16. The maximum absolute atomic E-state index is 3.51. The van der Waals surface area contributed by atoms with Gasteiger partial charge in [0.2, 0.25) is 0 Å². The van der Waals surface area contributed by atoms with Crippen LogP contribution < -0.4 is 5.32 Å². The molecule has 0 atom stereocenters. The van der Waals surface area contributed by atoms with E-state index in [9.17, 15) is 0 Å². The van der Waals surface area contributed by atoms with Crippen LogP contribution in [0.2, 0.25) is 0 Å². The second-order valence-electron chi connectivity index (χ2n) is 4.55. The summed E-state index contributed by atoms with van der Waals surface area (Å²) in [5.41, 5.74) is 0. The van der Waals surface area contributed by atoms with Crippen LogP contribution in [0, 0.1) is 11.8 Å². The number of nitrogens with one attached hydrogen (secondary N) is 1. The summed E-state index contributed by atoms with van der Waals surface area (Å²) in [5.74, 6) is 2.08. The lowest BCUT2D eigenvalue weighted by atomic mass is 9.72. The van der Waals surface area contributed by atoms with E-state index in [0.29, 0.717) is 0 Å². The predicted molar refractivity (Wildman–Crippen MR) is 58.9 cm³/mol. The summed E-state index contributed by atoms with van der Waals surface area (Å²) in [6.07, 6.45) is 8.56. The Balaban J connectivity index is 1.87. The van der Waals surface area contributed by atoms with Crippen LogP contribution >= 0.6 is 0 Å². The molecule has 0 spiro atoms. The average Bonchev–Trinajstić information content (AvgIpc) is 2.07. The lowest BCUT2D eigenvalue weighted by Crippen LogP contribution is -2.33. The third kappa shape index (κ3) is 4.12. The molecule has 0 aromatic carbocycles. The summed E-state index contributed by atoms with van der Waals surface area (Å²) in [4.78, 5) is 0. The number of hydrogen-bond donors (Lipinski definition) is 1. The van der Waals surface area contributed by atoms with Gasteiger partial charge in [0.15, 0.2) is 0 Å². The molecule has 1 nitrogen and oxygen atoms in total. The van der Waals surface area contributed by atoms with Crippen molar-refractivity contribution in [3.8, 4) is 0 Å². The second-order valence-corrected chi connectivity index (χ2v) is 4.55. The maximum atomic E-state index is 3.51. The van der Waals surface area contributed by atoms with Crippen molar-refractivity contribution < 1.29 is 0 Å². The van der Waals surface area contributed by atoms with Gasteiger partial charge in [-0.3, -0.25) is 0 Å². The molecule has 1 rings (SSSR count). The molecule has 13 heavy (non-hydrogen) atoms. The standard InChI is InChI=1S/C12H25N/c1-3-5-6-11-8-12(9-11)10-13-7-4-2/h11-13H,3-10H2,1-2H3. The molecule has 0 amide bonds. The van der Waals surface area contributed by atoms with Gasteiger partial charge < -0.3 is 5.32 Å². The molecular formula is C12H25N. The zero-order valence-electron chi connectivity index (χ0n) is 9.31. The lowest BCUT2D eigenvalue weighted by molar-refractivity contribution is 0.175. The van der Waals surface area contributed by atoms with E-state index in [1.54, 1.807) is 0 Å². The van der Waals surface area contributed by atoms with Gasteiger partial charge >= 0.3 is 0 Å². The van der Waals surface area contributed by atoms with E-state index in [1.165, 1.54) is 51.6 Å². The van der Waals surface area contributed by atoms with Gasteiger partial charge in [-0.15, -0.1) is 0 Å². The van der Waals surface area contributed by atoms with Crippen molar-refractivity contribution in [2.45, 2.75) is 52.4 Å². The number of hydrogen-bond acceptors (Lipinski definition) is 1. The van der Waals surface area contributed by atoms with Gasteiger partial charge in [0, 0.05) is 0 Å². The molecular weight excluding hydrogens is 158 g/mol. The molecule has 0 saturated heterocycles. The molecule has 1 saturated carbocycles. The zero-order valence-corrected chi connectivity index (χ0v) is 9.31. The largest absolute Gasteiger partial charge is 0.316 e. The van der Waals surface area contributed by atoms with E-state index in [0.717, 1.165) is 11.8 Å². The van der Waals surface area contributed by atoms with Gasteiger partial charge in [0.1, 0.15) is 0 Å². The van der Waals surface area contributed by atoms with E-state index in [1.807, 2.05) is 0 Å². The zero-order chi connectivity index (χ0) is 9.52. The van der Waals surface area contributed by atoms with Crippen LogP contribution in [-0.2, 0) is 0 Å². The summed E-state index contributed by atoms with van der Waals surface area (Å²) < 4.78 is 0. The van der Waals surface area contributed by atoms with Crippen molar-refractivity contribution >= 4 is 0 Å². The fourth-order valence-electron chi connectivity index (χ4n) is 2.25. The molecule has 78 valence electrons. The fraction of sp³-hybridized carbons (Fsp3) is 1.00. The Hall–Kier alpha value is -0.0400. The first-order valence-corrected chi connectivity index (χ1v) is 6.07. The normalized spacial score (nSPS) is 27.2. The van der Waals surface area contributed by atoms with Crippen molar-refractivity contribution in [3.05, 3.63) is 0 Å². The highest BCUT2D eigenvalue weighted by Gasteiger charge is 2.27. The first kappa shape index (κ1) is 11.0. The van der Waals surface area contributed by atoms with Gasteiger partial charge in [-0.05, 0) is 44.2 Å². The highest BCUT2D eigenvalue weighted by atomic mass is 14.9. The minimum Gasteiger partial charge on any atom is -0.316 e. The Kier molecular flexibility index (Phi) is 5.45. The van der Waals surface area contributed by atoms with E-state index >= 15 is 0 Å². The van der Waals surface area contributed by atoms with Crippen molar-refractivity contribution in [1.82, 2.24) is 5.32 Å². The molecule has 1 heteroatoms. The Labute approximate surface area is 83.3 Å². The highest BCUT2D eigenvalue weighted by molar-refractivity contribution is 4.80. The Morgan fingerprint density at radius 3 is 2.46 bits per heavy atom. The van der Waals surface area contributed by atoms with Gasteiger partial charge in [-0.25, -0.2) is 0 Å². The van der Waals surface area contributed by atoms with Crippen molar-refractivity contribution in [2.75, 3.05) is 13.1 Å².